The fourth-order valence-electron chi connectivity index (χ4n) is 2.57. The summed E-state index contributed by atoms with van der Waals surface area (Å²) in [6, 6.07) is 10.2. The zero-order chi connectivity index (χ0) is 16.1. The second-order valence-electron chi connectivity index (χ2n) is 5.59. The topological polar surface area (TPSA) is 92.1 Å². The van der Waals surface area contributed by atoms with Crippen LogP contribution in [0.2, 0.25) is 0 Å². The fraction of sp³-hybridized carbons (Fsp3) is 0.375. The number of anilines is 2. The van der Waals surface area contributed by atoms with Crippen LogP contribution in [0.25, 0.3) is 0 Å². The molecule has 0 aliphatic carbocycles. The number of carbonyl (C=O) groups excluding carboxylic acids is 1. The number of nitrogens with one attached hydrogen (secondary N) is 3. The number of nitrogen functional groups attached to an aromatic ring is 1. The first kappa shape index (κ1) is 15.8. The molecule has 1 amide bonds. The molecule has 2 aromatic rings. The van der Waals surface area contributed by atoms with E-state index in [9.17, 15) is 4.79 Å². The number of rotatable bonds is 5. The van der Waals surface area contributed by atoms with Crippen molar-refractivity contribution in [2.75, 3.05) is 24.1 Å². The van der Waals surface area contributed by atoms with E-state index in [0.717, 1.165) is 31.5 Å². The van der Waals surface area contributed by atoms with E-state index in [1.807, 2.05) is 30.3 Å². The average molecular weight is 331 g/mol. The summed E-state index contributed by atoms with van der Waals surface area (Å²) < 4.78 is 0. The maximum absolute atomic E-state index is 12.3. The number of nitrogens with zero attached hydrogens (tertiary/aromatic N) is 1. The molecule has 1 atom stereocenters. The molecule has 1 aliphatic heterocycles. The van der Waals surface area contributed by atoms with Crippen molar-refractivity contribution in [3.63, 3.8) is 0 Å². The number of benzene rings is 1. The molecule has 0 bridgehead atoms. The number of carbonyl (C=O) groups is 1. The second-order valence-corrected chi connectivity index (χ2v) is 6.59. The quantitative estimate of drug-likeness (QED) is 0.671. The molecule has 1 aliphatic rings. The largest absolute Gasteiger partial charge is 0.382 e. The molecule has 1 aromatic carbocycles. The maximum Gasteiger partial charge on any atom is 0.265 e. The van der Waals surface area contributed by atoms with Crippen molar-refractivity contribution >= 4 is 28.2 Å². The highest BCUT2D eigenvalue weighted by atomic mass is 32.1. The van der Waals surface area contributed by atoms with Crippen molar-refractivity contribution in [3.8, 4) is 0 Å². The summed E-state index contributed by atoms with van der Waals surface area (Å²) in [5.41, 5.74) is 7.05. The first-order chi connectivity index (χ1) is 11.2. The molecule has 23 heavy (non-hydrogen) atoms. The minimum Gasteiger partial charge on any atom is -0.382 e. The Labute approximate surface area is 139 Å². The highest BCUT2D eigenvalue weighted by molar-refractivity contribution is 7.18. The van der Waals surface area contributed by atoms with E-state index in [1.165, 1.54) is 11.3 Å². The molecule has 7 heteroatoms. The van der Waals surface area contributed by atoms with Gasteiger partial charge in [0.25, 0.3) is 5.91 Å². The molecular weight excluding hydrogens is 310 g/mol. The van der Waals surface area contributed by atoms with Crippen molar-refractivity contribution in [1.29, 1.82) is 0 Å². The van der Waals surface area contributed by atoms with E-state index >= 15 is 0 Å². The minimum atomic E-state index is -0.138. The number of piperidine rings is 1. The summed E-state index contributed by atoms with van der Waals surface area (Å²) in [6.07, 6.45) is 2.07. The van der Waals surface area contributed by atoms with Crippen molar-refractivity contribution in [2.45, 2.75) is 25.4 Å². The highest BCUT2D eigenvalue weighted by Crippen LogP contribution is 2.25. The summed E-state index contributed by atoms with van der Waals surface area (Å²) in [4.78, 5) is 17.1. The Morgan fingerprint density at radius 3 is 2.96 bits per heavy atom. The summed E-state index contributed by atoms with van der Waals surface area (Å²) in [7, 11) is 0. The van der Waals surface area contributed by atoms with Crippen LogP contribution in [-0.2, 0) is 6.54 Å². The Kier molecular flexibility index (Phi) is 5.09. The maximum atomic E-state index is 12.3. The lowest BCUT2D eigenvalue weighted by atomic mass is 10.1. The normalized spacial score (nSPS) is 17.7. The zero-order valence-electron chi connectivity index (χ0n) is 12.8. The van der Waals surface area contributed by atoms with Gasteiger partial charge >= 0.3 is 0 Å². The Hall–Kier alpha value is -2.12. The lowest BCUT2D eigenvalue weighted by Gasteiger charge is -2.23. The van der Waals surface area contributed by atoms with Gasteiger partial charge in [0.2, 0.25) is 0 Å². The van der Waals surface area contributed by atoms with E-state index in [-0.39, 0.29) is 17.8 Å². The summed E-state index contributed by atoms with van der Waals surface area (Å²) in [6.45, 7) is 2.48. The molecule has 1 aromatic heterocycles. The van der Waals surface area contributed by atoms with Crippen LogP contribution in [0.1, 0.15) is 28.1 Å². The SMILES string of the molecule is Nc1nc(NCc2ccccc2)sc1C(=O)N[C@H]1CCCNC1. The molecule has 0 saturated carbocycles. The van der Waals surface area contributed by atoms with Gasteiger partial charge in [0, 0.05) is 19.1 Å². The van der Waals surface area contributed by atoms with Crippen molar-refractivity contribution in [1.82, 2.24) is 15.6 Å². The third kappa shape index (κ3) is 4.20. The predicted octanol–water partition coefficient (Wildman–Crippen LogP) is 1.82. The molecule has 1 fully saturated rings. The van der Waals surface area contributed by atoms with E-state index < -0.39 is 0 Å². The van der Waals surface area contributed by atoms with Gasteiger partial charge in [0.1, 0.15) is 10.7 Å². The van der Waals surface area contributed by atoms with E-state index in [1.54, 1.807) is 0 Å². The standard InChI is InChI=1S/C16H21N5OS/c17-14-13(15(22)20-12-7-4-8-18-10-12)23-16(21-14)19-9-11-5-2-1-3-6-11/h1-3,5-6,12,18H,4,7-10,17H2,(H,19,21)(H,20,22)/t12-/m0/s1. The third-order valence-electron chi connectivity index (χ3n) is 3.78. The number of hydrogen-bond acceptors (Lipinski definition) is 6. The van der Waals surface area contributed by atoms with E-state index in [0.29, 0.717) is 16.6 Å². The van der Waals surface area contributed by atoms with Crippen LogP contribution in [0.4, 0.5) is 10.9 Å². The van der Waals surface area contributed by atoms with Crippen LogP contribution in [0.3, 0.4) is 0 Å². The number of aromatic nitrogens is 1. The molecule has 0 unspecified atom stereocenters. The smallest absolute Gasteiger partial charge is 0.265 e. The zero-order valence-corrected chi connectivity index (χ0v) is 13.7. The Balaban J connectivity index is 1.59. The molecule has 5 N–H and O–H groups in total. The van der Waals surface area contributed by atoms with Gasteiger partial charge in [-0.05, 0) is 24.9 Å². The summed E-state index contributed by atoms with van der Waals surface area (Å²) >= 11 is 1.30. The number of hydrogen-bond donors (Lipinski definition) is 4. The number of amides is 1. The molecule has 0 radical (unpaired) electrons. The molecular formula is C16H21N5OS. The minimum absolute atomic E-state index is 0.138. The average Bonchev–Trinajstić information content (AvgIpc) is 2.96. The van der Waals surface area contributed by atoms with Crippen LogP contribution >= 0.6 is 11.3 Å². The first-order valence-corrected chi connectivity index (χ1v) is 8.59. The molecule has 122 valence electrons. The predicted molar refractivity (Wildman–Crippen MR) is 93.7 cm³/mol. The third-order valence-corrected chi connectivity index (χ3v) is 4.81. The Bertz CT molecular complexity index is 652. The summed E-state index contributed by atoms with van der Waals surface area (Å²) in [5.74, 6) is 0.147. The van der Waals surface area contributed by atoms with Crippen LogP contribution < -0.4 is 21.7 Å². The van der Waals surface area contributed by atoms with Crippen molar-refractivity contribution < 1.29 is 4.79 Å². The fourth-order valence-corrected chi connectivity index (χ4v) is 3.35. The van der Waals surface area contributed by atoms with Crippen LogP contribution in [0.5, 0.6) is 0 Å². The summed E-state index contributed by atoms with van der Waals surface area (Å²) in [5, 5.41) is 10.2. The highest BCUT2D eigenvalue weighted by Gasteiger charge is 2.20. The number of thiazole rings is 1. The Morgan fingerprint density at radius 1 is 1.39 bits per heavy atom. The van der Waals surface area contributed by atoms with Crippen LogP contribution in [0, 0.1) is 0 Å². The van der Waals surface area contributed by atoms with E-state index in [2.05, 4.69) is 20.9 Å². The number of nitrogens with two attached hydrogens (primary N) is 1. The van der Waals surface area contributed by atoms with E-state index in [4.69, 9.17) is 5.73 Å². The molecule has 6 nitrogen and oxygen atoms in total. The van der Waals surface area contributed by atoms with Crippen molar-refractivity contribution in [2.24, 2.45) is 0 Å². The monoisotopic (exact) mass is 331 g/mol. The first-order valence-electron chi connectivity index (χ1n) is 7.78. The van der Waals surface area contributed by atoms with Gasteiger partial charge in [0.15, 0.2) is 5.13 Å². The van der Waals surface area contributed by atoms with Crippen LogP contribution in [0.15, 0.2) is 30.3 Å². The van der Waals surface area contributed by atoms with Gasteiger partial charge in [-0.2, -0.15) is 0 Å². The molecule has 2 heterocycles. The van der Waals surface area contributed by atoms with Gasteiger partial charge in [-0.25, -0.2) is 4.98 Å². The van der Waals surface area contributed by atoms with Gasteiger partial charge in [-0.15, -0.1) is 0 Å². The lowest BCUT2D eigenvalue weighted by molar-refractivity contribution is 0.0935. The van der Waals surface area contributed by atoms with Crippen LogP contribution in [-0.4, -0.2) is 30.0 Å². The van der Waals surface area contributed by atoms with Gasteiger partial charge < -0.3 is 21.7 Å². The molecule has 1 saturated heterocycles. The van der Waals surface area contributed by atoms with Gasteiger partial charge in [-0.3, -0.25) is 4.79 Å². The second kappa shape index (κ2) is 7.43. The molecule has 0 spiro atoms. The molecule has 3 rings (SSSR count). The Morgan fingerprint density at radius 2 is 2.22 bits per heavy atom. The van der Waals surface area contributed by atoms with Gasteiger partial charge in [-0.1, -0.05) is 41.7 Å². The van der Waals surface area contributed by atoms with Crippen molar-refractivity contribution in [3.05, 3.63) is 40.8 Å². The van der Waals surface area contributed by atoms with Gasteiger partial charge in [0.05, 0.1) is 0 Å². The lowest BCUT2D eigenvalue weighted by Crippen LogP contribution is -2.45.